The Morgan fingerprint density at radius 3 is 2.76 bits per heavy atom. The Morgan fingerprint density at radius 2 is 2.00 bits per heavy atom. The number of nitrogens with zero attached hydrogens (tertiary/aromatic N) is 1. The van der Waals surface area contributed by atoms with Crippen molar-refractivity contribution in [3.63, 3.8) is 0 Å². The molecule has 1 saturated heterocycles. The Balaban J connectivity index is 1.70. The standard InChI is InChI=1S/C17H23ClFNO/c18-14-10-12(7-8-15(14)19)11-20-9-3-5-16(20)13-4-1-2-6-17(13)21/h7-8,10,13,16-17,21H,1-6,9,11H2. The van der Waals surface area contributed by atoms with Crippen LogP contribution in [0.25, 0.3) is 0 Å². The van der Waals surface area contributed by atoms with Gasteiger partial charge in [0.1, 0.15) is 5.82 Å². The summed E-state index contributed by atoms with van der Waals surface area (Å²) in [5, 5.41) is 10.5. The van der Waals surface area contributed by atoms with Gasteiger partial charge < -0.3 is 5.11 Å². The molecule has 0 bridgehead atoms. The second-order valence-corrected chi connectivity index (χ2v) is 6.85. The molecule has 3 rings (SSSR count). The molecule has 2 aliphatic rings. The summed E-state index contributed by atoms with van der Waals surface area (Å²) in [6, 6.07) is 5.44. The molecule has 116 valence electrons. The van der Waals surface area contributed by atoms with Crippen LogP contribution in [0.1, 0.15) is 44.1 Å². The Kier molecular flexibility index (Phi) is 4.82. The molecule has 2 nitrogen and oxygen atoms in total. The molecule has 1 aromatic rings. The second-order valence-electron chi connectivity index (χ2n) is 6.44. The molecule has 21 heavy (non-hydrogen) atoms. The zero-order valence-electron chi connectivity index (χ0n) is 12.3. The monoisotopic (exact) mass is 311 g/mol. The van der Waals surface area contributed by atoms with Gasteiger partial charge in [-0.15, -0.1) is 0 Å². The minimum absolute atomic E-state index is 0.152. The normalized spacial score (nSPS) is 30.7. The molecule has 1 aliphatic heterocycles. The zero-order chi connectivity index (χ0) is 14.8. The number of likely N-dealkylation sites (tertiary alicyclic amines) is 1. The maximum Gasteiger partial charge on any atom is 0.141 e. The van der Waals surface area contributed by atoms with Crippen molar-refractivity contribution >= 4 is 11.6 Å². The number of rotatable bonds is 3. The molecule has 1 heterocycles. The van der Waals surface area contributed by atoms with E-state index in [4.69, 9.17) is 11.6 Å². The van der Waals surface area contributed by atoms with Crippen LogP contribution in [-0.4, -0.2) is 28.7 Å². The first-order chi connectivity index (χ1) is 10.1. The van der Waals surface area contributed by atoms with Crippen molar-refractivity contribution < 1.29 is 9.50 Å². The predicted octanol–water partition coefficient (Wildman–Crippen LogP) is 3.99. The fourth-order valence-corrected chi connectivity index (χ4v) is 4.20. The van der Waals surface area contributed by atoms with Gasteiger partial charge in [-0.25, -0.2) is 4.39 Å². The molecule has 0 amide bonds. The third kappa shape index (κ3) is 3.41. The van der Waals surface area contributed by atoms with E-state index in [1.165, 1.54) is 18.9 Å². The smallest absolute Gasteiger partial charge is 0.141 e. The summed E-state index contributed by atoms with van der Waals surface area (Å²) in [5.41, 5.74) is 1.05. The van der Waals surface area contributed by atoms with Crippen LogP contribution in [0.5, 0.6) is 0 Å². The van der Waals surface area contributed by atoms with E-state index in [2.05, 4.69) is 4.90 Å². The van der Waals surface area contributed by atoms with E-state index in [-0.39, 0.29) is 16.9 Å². The summed E-state index contributed by atoms with van der Waals surface area (Å²) in [4.78, 5) is 2.45. The van der Waals surface area contributed by atoms with Gasteiger partial charge in [0, 0.05) is 18.5 Å². The molecule has 2 fully saturated rings. The molecule has 0 spiro atoms. The van der Waals surface area contributed by atoms with Gasteiger partial charge in [-0.2, -0.15) is 0 Å². The lowest BCUT2D eigenvalue weighted by Crippen LogP contribution is -2.42. The number of aliphatic hydroxyl groups excluding tert-OH is 1. The fraction of sp³-hybridized carbons (Fsp3) is 0.647. The van der Waals surface area contributed by atoms with E-state index in [0.29, 0.717) is 12.0 Å². The van der Waals surface area contributed by atoms with Gasteiger partial charge in [0.15, 0.2) is 0 Å². The number of hydrogen-bond donors (Lipinski definition) is 1. The number of benzene rings is 1. The highest BCUT2D eigenvalue weighted by Crippen LogP contribution is 2.35. The molecular weight excluding hydrogens is 289 g/mol. The first-order valence-corrected chi connectivity index (χ1v) is 8.39. The predicted molar refractivity (Wildman–Crippen MR) is 82.8 cm³/mol. The third-order valence-electron chi connectivity index (χ3n) is 5.06. The van der Waals surface area contributed by atoms with Gasteiger partial charge in [0.05, 0.1) is 11.1 Å². The van der Waals surface area contributed by atoms with Crippen molar-refractivity contribution in [1.82, 2.24) is 4.90 Å². The second kappa shape index (κ2) is 6.64. The molecular formula is C17H23ClFNO. The van der Waals surface area contributed by atoms with E-state index in [9.17, 15) is 9.50 Å². The molecule has 0 aromatic heterocycles. The lowest BCUT2D eigenvalue weighted by Gasteiger charge is -2.37. The summed E-state index contributed by atoms with van der Waals surface area (Å²) in [6.45, 7) is 1.86. The first-order valence-electron chi connectivity index (χ1n) is 8.01. The average molecular weight is 312 g/mol. The SMILES string of the molecule is OC1CCCCC1C1CCCN1Cc1ccc(F)c(Cl)c1. The van der Waals surface area contributed by atoms with E-state index in [1.807, 2.05) is 6.07 Å². The molecule has 3 atom stereocenters. The Labute approximate surface area is 130 Å². The van der Waals surface area contributed by atoms with E-state index in [1.54, 1.807) is 6.07 Å². The summed E-state index contributed by atoms with van der Waals surface area (Å²) < 4.78 is 13.3. The van der Waals surface area contributed by atoms with Crippen LogP contribution in [0, 0.1) is 11.7 Å². The van der Waals surface area contributed by atoms with Gasteiger partial charge in [-0.3, -0.25) is 4.90 Å². The summed E-state index contributed by atoms with van der Waals surface area (Å²) in [5.74, 6) is 0.0401. The van der Waals surface area contributed by atoms with Crippen LogP contribution in [0.3, 0.4) is 0 Å². The van der Waals surface area contributed by atoms with Gasteiger partial charge in [-0.1, -0.05) is 30.5 Å². The van der Waals surface area contributed by atoms with Crippen molar-refractivity contribution in [2.24, 2.45) is 5.92 Å². The Morgan fingerprint density at radius 1 is 1.19 bits per heavy atom. The van der Waals surface area contributed by atoms with Crippen molar-refractivity contribution in [1.29, 1.82) is 0 Å². The van der Waals surface area contributed by atoms with Crippen molar-refractivity contribution in [3.8, 4) is 0 Å². The van der Waals surface area contributed by atoms with Crippen LogP contribution < -0.4 is 0 Å². The molecule has 3 unspecified atom stereocenters. The molecule has 1 aliphatic carbocycles. The summed E-state index contributed by atoms with van der Waals surface area (Å²) >= 11 is 5.87. The lowest BCUT2D eigenvalue weighted by molar-refractivity contribution is 0.0201. The minimum atomic E-state index is -0.360. The number of aliphatic hydroxyl groups is 1. The largest absolute Gasteiger partial charge is 0.393 e. The lowest BCUT2D eigenvalue weighted by atomic mass is 9.80. The van der Waals surface area contributed by atoms with Gasteiger partial charge in [0.25, 0.3) is 0 Å². The maximum atomic E-state index is 13.3. The van der Waals surface area contributed by atoms with E-state index < -0.39 is 0 Å². The molecule has 1 N–H and O–H groups in total. The van der Waals surface area contributed by atoms with Crippen LogP contribution >= 0.6 is 11.6 Å². The summed E-state index contributed by atoms with van der Waals surface area (Å²) in [6.07, 6.45) is 6.65. The first kappa shape index (κ1) is 15.3. The van der Waals surface area contributed by atoms with E-state index >= 15 is 0 Å². The maximum absolute atomic E-state index is 13.3. The molecule has 4 heteroatoms. The zero-order valence-corrected chi connectivity index (χ0v) is 13.0. The van der Waals surface area contributed by atoms with Crippen LogP contribution in [-0.2, 0) is 6.54 Å². The number of halogens is 2. The Hall–Kier alpha value is -0.640. The Bertz CT molecular complexity index is 496. The fourth-order valence-electron chi connectivity index (χ4n) is 3.99. The van der Waals surface area contributed by atoms with Gasteiger partial charge in [-0.05, 0) is 49.9 Å². The van der Waals surface area contributed by atoms with E-state index in [0.717, 1.165) is 44.3 Å². The molecule has 1 saturated carbocycles. The highest BCUT2D eigenvalue weighted by atomic mass is 35.5. The quantitative estimate of drug-likeness (QED) is 0.912. The van der Waals surface area contributed by atoms with Crippen LogP contribution in [0.4, 0.5) is 4.39 Å². The molecule has 1 aromatic carbocycles. The minimum Gasteiger partial charge on any atom is -0.393 e. The van der Waals surface area contributed by atoms with Crippen molar-refractivity contribution in [2.75, 3.05) is 6.54 Å². The van der Waals surface area contributed by atoms with Crippen LogP contribution in [0.15, 0.2) is 18.2 Å². The third-order valence-corrected chi connectivity index (χ3v) is 5.35. The number of hydrogen-bond acceptors (Lipinski definition) is 2. The van der Waals surface area contributed by atoms with Crippen molar-refractivity contribution in [3.05, 3.63) is 34.6 Å². The average Bonchev–Trinajstić information content (AvgIpc) is 2.91. The summed E-state index contributed by atoms with van der Waals surface area (Å²) in [7, 11) is 0. The highest BCUT2D eigenvalue weighted by molar-refractivity contribution is 6.30. The molecule has 0 radical (unpaired) electrons. The van der Waals surface area contributed by atoms with Gasteiger partial charge in [0.2, 0.25) is 0 Å². The topological polar surface area (TPSA) is 23.5 Å². The van der Waals surface area contributed by atoms with Gasteiger partial charge >= 0.3 is 0 Å². The van der Waals surface area contributed by atoms with Crippen LogP contribution in [0.2, 0.25) is 5.02 Å². The van der Waals surface area contributed by atoms with Crippen molar-refractivity contribution in [2.45, 2.75) is 57.2 Å². The highest BCUT2D eigenvalue weighted by Gasteiger charge is 2.36.